The number of para-hydroxylation sites is 1. The van der Waals surface area contributed by atoms with Crippen LogP contribution in [0.15, 0.2) is 42.5 Å². The lowest BCUT2D eigenvalue weighted by molar-refractivity contribution is 0.309. The standard InChI is InChI=1S/C17H22N2O2/c1-19(12-14-6-4-5-7-17(14)21-3)11-13-8-15(18)10-16(9-13)20-2/h4-10H,11-12,18H2,1-3H3. The average molecular weight is 286 g/mol. The van der Waals surface area contributed by atoms with Crippen LogP contribution in [0, 0.1) is 0 Å². The SMILES string of the molecule is COc1cc(N)cc(CN(C)Cc2ccccc2OC)c1. The van der Waals surface area contributed by atoms with Crippen molar-refractivity contribution in [3.63, 3.8) is 0 Å². The normalized spacial score (nSPS) is 10.7. The van der Waals surface area contributed by atoms with Gasteiger partial charge in [0.1, 0.15) is 11.5 Å². The first kappa shape index (κ1) is 15.2. The molecule has 0 spiro atoms. The van der Waals surface area contributed by atoms with Crippen LogP contribution < -0.4 is 15.2 Å². The Balaban J connectivity index is 2.08. The predicted octanol–water partition coefficient (Wildman–Crippen LogP) is 2.92. The first-order valence-electron chi connectivity index (χ1n) is 6.86. The lowest BCUT2D eigenvalue weighted by Crippen LogP contribution is -2.17. The zero-order chi connectivity index (χ0) is 15.2. The Hall–Kier alpha value is -2.20. The van der Waals surface area contributed by atoms with Crippen LogP contribution in [0.4, 0.5) is 5.69 Å². The number of nitrogens with zero attached hydrogens (tertiary/aromatic N) is 1. The van der Waals surface area contributed by atoms with E-state index in [2.05, 4.69) is 18.0 Å². The van der Waals surface area contributed by atoms with E-state index in [4.69, 9.17) is 15.2 Å². The predicted molar refractivity (Wildman–Crippen MR) is 85.6 cm³/mol. The van der Waals surface area contributed by atoms with Gasteiger partial charge in [-0.25, -0.2) is 0 Å². The van der Waals surface area contributed by atoms with Gasteiger partial charge < -0.3 is 15.2 Å². The third-order valence-electron chi connectivity index (χ3n) is 3.31. The molecule has 0 radical (unpaired) electrons. The molecule has 0 saturated heterocycles. The van der Waals surface area contributed by atoms with Crippen LogP contribution >= 0.6 is 0 Å². The highest BCUT2D eigenvalue weighted by Crippen LogP contribution is 2.22. The lowest BCUT2D eigenvalue weighted by atomic mass is 10.1. The summed E-state index contributed by atoms with van der Waals surface area (Å²) in [5.41, 5.74) is 8.90. The van der Waals surface area contributed by atoms with E-state index in [0.717, 1.165) is 35.8 Å². The van der Waals surface area contributed by atoms with Crippen LogP contribution in [0.3, 0.4) is 0 Å². The molecule has 0 heterocycles. The van der Waals surface area contributed by atoms with E-state index in [1.165, 1.54) is 5.56 Å². The third-order valence-corrected chi connectivity index (χ3v) is 3.31. The fourth-order valence-corrected chi connectivity index (χ4v) is 2.39. The molecule has 2 aromatic rings. The summed E-state index contributed by atoms with van der Waals surface area (Å²) in [4.78, 5) is 2.21. The second-order valence-electron chi connectivity index (χ2n) is 5.10. The van der Waals surface area contributed by atoms with E-state index in [0.29, 0.717) is 0 Å². The monoisotopic (exact) mass is 286 g/mol. The Kier molecular flexibility index (Phi) is 5.06. The maximum Gasteiger partial charge on any atom is 0.123 e. The lowest BCUT2D eigenvalue weighted by Gasteiger charge is -2.19. The third kappa shape index (κ3) is 4.13. The average Bonchev–Trinajstić information content (AvgIpc) is 2.47. The van der Waals surface area contributed by atoms with Crippen molar-refractivity contribution in [3.8, 4) is 11.5 Å². The summed E-state index contributed by atoms with van der Waals surface area (Å²) >= 11 is 0. The molecule has 4 nitrogen and oxygen atoms in total. The molecule has 2 rings (SSSR count). The largest absolute Gasteiger partial charge is 0.497 e. The minimum Gasteiger partial charge on any atom is -0.497 e. The van der Waals surface area contributed by atoms with Crippen molar-refractivity contribution in [1.29, 1.82) is 0 Å². The number of nitrogens with two attached hydrogens (primary N) is 1. The fraction of sp³-hybridized carbons (Fsp3) is 0.294. The molecule has 2 aromatic carbocycles. The van der Waals surface area contributed by atoms with Crippen molar-refractivity contribution in [1.82, 2.24) is 4.90 Å². The molecular weight excluding hydrogens is 264 g/mol. The van der Waals surface area contributed by atoms with Gasteiger partial charge in [0.15, 0.2) is 0 Å². The first-order valence-corrected chi connectivity index (χ1v) is 6.86. The van der Waals surface area contributed by atoms with E-state index in [1.807, 2.05) is 36.4 Å². The quantitative estimate of drug-likeness (QED) is 0.829. The van der Waals surface area contributed by atoms with Crippen LogP contribution in [0.2, 0.25) is 0 Å². The van der Waals surface area contributed by atoms with Crippen LogP contribution in [0.5, 0.6) is 11.5 Å². The summed E-state index contributed by atoms with van der Waals surface area (Å²) in [6.07, 6.45) is 0. The summed E-state index contributed by atoms with van der Waals surface area (Å²) in [6.45, 7) is 1.60. The number of ether oxygens (including phenoxy) is 2. The second-order valence-corrected chi connectivity index (χ2v) is 5.10. The van der Waals surface area contributed by atoms with Crippen molar-refractivity contribution in [2.24, 2.45) is 0 Å². The molecule has 0 aliphatic rings. The molecule has 0 aliphatic heterocycles. The number of benzene rings is 2. The van der Waals surface area contributed by atoms with Crippen LogP contribution in [0.25, 0.3) is 0 Å². The Morgan fingerprint density at radius 1 is 1.00 bits per heavy atom. The van der Waals surface area contributed by atoms with Crippen LogP contribution in [-0.4, -0.2) is 26.2 Å². The van der Waals surface area contributed by atoms with Gasteiger partial charge in [-0.05, 0) is 30.8 Å². The van der Waals surface area contributed by atoms with Gasteiger partial charge in [0.05, 0.1) is 14.2 Å². The zero-order valence-electron chi connectivity index (χ0n) is 12.8. The van der Waals surface area contributed by atoms with Gasteiger partial charge in [0.2, 0.25) is 0 Å². The van der Waals surface area contributed by atoms with E-state index in [1.54, 1.807) is 14.2 Å². The van der Waals surface area contributed by atoms with Gasteiger partial charge in [0.25, 0.3) is 0 Å². The minimum absolute atomic E-state index is 0.718. The maximum atomic E-state index is 5.89. The summed E-state index contributed by atoms with van der Waals surface area (Å²) in [7, 11) is 5.42. The Bertz CT molecular complexity index is 599. The number of rotatable bonds is 6. The summed E-state index contributed by atoms with van der Waals surface area (Å²) in [5.74, 6) is 1.70. The van der Waals surface area contributed by atoms with Crippen molar-refractivity contribution < 1.29 is 9.47 Å². The molecule has 21 heavy (non-hydrogen) atoms. The number of methoxy groups -OCH3 is 2. The number of anilines is 1. The molecule has 112 valence electrons. The van der Waals surface area contributed by atoms with Gasteiger partial charge >= 0.3 is 0 Å². The van der Waals surface area contributed by atoms with Crippen LogP contribution in [-0.2, 0) is 13.1 Å². The molecule has 0 saturated carbocycles. The van der Waals surface area contributed by atoms with E-state index < -0.39 is 0 Å². The fourth-order valence-electron chi connectivity index (χ4n) is 2.39. The molecule has 0 fully saturated rings. The summed E-state index contributed by atoms with van der Waals surface area (Å²) in [5, 5.41) is 0. The minimum atomic E-state index is 0.718. The highest BCUT2D eigenvalue weighted by molar-refractivity contribution is 5.47. The molecule has 2 N–H and O–H groups in total. The summed E-state index contributed by atoms with van der Waals surface area (Å²) < 4.78 is 10.6. The number of hydrogen-bond donors (Lipinski definition) is 1. The van der Waals surface area contributed by atoms with Crippen LogP contribution in [0.1, 0.15) is 11.1 Å². The smallest absolute Gasteiger partial charge is 0.123 e. The van der Waals surface area contributed by atoms with E-state index >= 15 is 0 Å². The Labute approximate surface area is 126 Å². The number of nitrogen functional groups attached to an aromatic ring is 1. The molecule has 0 unspecified atom stereocenters. The van der Waals surface area contributed by atoms with Crippen molar-refractivity contribution in [2.45, 2.75) is 13.1 Å². The second kappa shape index (κ2) is 6.99. The van der Waals surface area contributed by atoms with Gasteiger partial charge in [-0.3, -0.25) is 4.90 Å². The molecule has 0 aromatic heterocycles. The van der Waals surface area contributed by atoms with Gasteiger partial charge in [-0.1, -0.05) is 18.2 Å². The molecule has 0 amide bonds. The van der Waals surface area contributed by atoms with Crippen molar-refractivity contribution in [2.75, 3.05) is 27.0 Å². The van der Waals surface area contributed by atoms with Gasteiger partial charge in [-0.2, -0.15) is 0 Å². The molecule has 4 heteroatoms. The highest BCUT2D eigenvalue weighted by Gasteiger charge is 2.07. The molecule has 0 bridgehead atoms. The molecule has 0 aliphatic carbocycles. The zero-order valence-corrected chi connectivity index (χ0v) is 12.8. The van der Waals surface area contributed by atoms with E-state index in [9.17, 15) is 0 Å². The Morgan fingerprint density at radius 2 is 1.76 bits per heavy atom. The molecule has 0 atom stereocenters. The van der Waals surface area contributed by atoms with Gasteiger partial charge in [-0.15, -0.1) is 0 Å². The Morgan fingerprint density at radius 3 is 2.48 bits per heavy atom. The molecular formula is C17H22N2O2. The first-order chi connectivity index (χ1) is 10.1. The van der Waals surface area contributed by atoms with Crippen molar-refractivity contribution in [3.05, 3.63) is 53.6 Å². The number of hydrogen-bond acceptors (Lipinski definition) is 4. The highest BCUT2D eigenvalue weighted by atomic mass is 16.5. The van der Waals surface area contributed by atoms with Crippen molar-refractivity contribution >= 4 is 5.69 Å². The van der Waals surface area contributed by atoms with Gasteiger partial charge in [0, 0.05) is 30.4 Å². The maximum absolute atomic E-state index is 5.89. The van der Waals surface area contributed by atoms with E-state index in [-0.39, 0.29) is 0 Å². The summed E-state index contributed by atoms with van der Waals surface area (Å²) in [6, 6.07) is 13.9. The topological polar surface area (TPSA) is 47.7 Å².